The molecule has 0 bridgehead atoms. The Balaban J connectivity index is 1.77. The summed E-state index contributed by atoms with van der Waals surface area (Å²) in [5.41, 5.74) is 1.57. The SMILES string of the molecule is COC(=O)c1ccc(NC(=O)c2ccccc2)c(OC(=O)OCc2ccccc2)c1. The fourth-order valence-corrected chi connectivity index (χ4v) is 2.57. The lowest BCUT2D eigenvalue weighted by Gasteiger charge is -2.13. The zero-order valence-corrected chi connectivity index (χ0v) is 16.2. The molecule has 152 valence electrons. The molecule has 0 aliphatic carbocycles. The lowest BCUT2D eigenvalue weighted by Crippen LogP contribution is -2.16. The first-order valence-corrected chi connectivity index (χ1v) is 9.04. The molecule has 0 aliphatic rings. The first-order valence-electron chi connectivity index (χ1n) is 9.04. The van der Waals surface area contributed by atoms with Crippen LogP contribution in [0.5, 0.6) is 5.75 Å². The number of carbonyl (C=O) groups excluding carboxylic acids is 3. The van der Waals surface area contributed by atoms with E-state index in [0.717, 1.165) is 5.56 Å². The second kappa shape index (κ2) is 9.88. The Labute approximate surface area is 173 Å². The molecule has 7 heteroatoms. The van der Waals surface area contributed by atoms with Gasteiger partial charge in [-0.15, -0.1) is 0 Å². The lowest BCUT2D eigenvalue weighted by atomic mass is 10.1. The minimum absolute atomic E-state index is 0.0159. The highest BCUT2D eigenvalue weighted by molar-refractivity contribution is 6.05. The van der Waals surface area contributed by atoms with Gasteiger partial charge in [-0.2, -0.15) is 0 Å². The predicted molar refractivity (Wildman–Crippen MR) is 109 cm³/mol. The van der Waals surface area contributed by atoms with Gasteiger partial charge in [0.2, 0.25) is 0 Å². The highest BCUT2D eigenvalue weighted by Gasteiger charge is 2.17. The number of esters is 1. The molecule has 0 atom stereocenters. The molecule has 0 radical (unpaired) electrons. The summed E-state index contributed by atoms with van der Waals surface area (Å²) in [5.74, 6) is -1.05. The van der Waals surface area contributed by atoms with E-state index < -0.39 is 18.0 Å². The standard InChI is InChI=1S/C23H19NO6/c1-28-22(26)18-12-13-19(24-21(25)17-10-6-3-7-11-17)20(14-18)30-23(27)29-15-16-8-4-2-5-9-16/h2-14H,15H2,1H3,(H,24,25). The molecule has 7 nitrogen and oxygen atoms in total. The van der Waals surface area contributed by atoms with E-state index in [9.17, 15) is 14.4 Å². The maximum Gasteiger partial charge on any atom is 0.514 e. The number of anilines is 1. The number of nitrogens with one attached hydrogen (secondary N) is 1. The van der Waals surface area contributed by atoms with Crippen molar-refractivity contribution in [1.29, 1.82) is 0 Å². The summed E-state index contributed by atoms with van der Waals surface area (Å²) in [6.45, 7) is 0.0159. The van der Waals surface area contributed by atoms with Crippen molar-refractivity contribution in [2.24, 2.45) is 0 Å². The monoisotopic (exact) mass is 405 g/mol. The van der Waals surface area contributed by atoms with Crippen LogP contribution in [0.2, 0.25) is 0 Å². The highest BCUT2D eigenvalue weighted by Crippen LogP contribution is 2.27. The Morgan fingerprint density at radius 1 is 0.833 bits per heavy atom. The van der Waals surface area contributed by atoms with Crippen LogP contribution in [0.3, 0.4) is 0 Å². The summed E-state index contributed by atoms with van der Waals surface area (Å²) in [6, 6.07) is 21.8. The molecule has 0 aromatic heterocycles. The summed E-state index contributed by atoms with van der Waals surface area (Å²) in [7, 11) is 1.24. The van der Waals surface area contributed by atoms with E-state index >= 15 is 0 Å². The molecule has 0 heterocycles. The third-order valence-electron chi connectivity index (χ3n) is 4.08. The Hall–Kier alpha value is -4.13. The van der Waals surface area contributed by atoms with Gasteiger partial charge in [-0.3, -0.25) is 4.79 Å². The van der Waals surface area contributed by atoms with Gasteiger partial charge in [0.25, 0.3) is 5.91 Å². The maximum atomic E-state index is 12.5. The smallest absolute Gasteiger partial charge is 0.465 e. The van der Waals surface area contributed by atoms with Crippen LogP contribution >= 0.6 is 0 Å². The third kappa shape index (κ3) is 5.45. The third-order valence-corrected chi connectivity index (χ3v) is 4.08. The highest BCUT2D eigenvalue weighted by atomic mass is 16.7. The maximum absolute atomic E-state index is 12.5. The second-order valence-electron chi connectivity index (χ2n) is 6.15. The Kier molecular flexibility index (Phi) is 6.78. The summed E-state index contributed by atoms with van der Waals surface area (Å²) in [6.07, 6.45) is -0.976. The molecule has 0 unspecified atom stereocenters. The molecule has 3 rings (SSSR count). The number of methoxy groups -OCH3 is 1. The predicted octanol–water partition coefficient (Wildman–Crippen LogP) is 4.44. The largest absolute Gasteiger partial charge is 0.514 e. The van der Waals surface area contributed by atoms with Crippen LogP contribution in [0.25, 0.3) is 0 Å². The van der Waals surface area contributed by atoms with E-state index in [2.05, 4.69) is 5.32 Å². The molecule has 0 saturated heterocycles. The molecular formula is C23H19NO6. The topological polar surface area (TPSA) is 90.9 Å². The molecule has 0 saturated carbocycles. The van der Waals surface area contributed by atoms with E-state index in [1.807, 2.05) is 18.2 Å². The van der Waals surface area contributed by atoms with Crippen molar-refractivity contribution in [2.75, 3.05) is 12.4 Å². The van der Waals surface area contributed by atoms with Crippen molar-refractivity contribution in [3.63, 3.8) is 0 Å². The fraction of sp³-hybridized carbons (Fsp3) is 0.0870. The molecular weight excluding hydrogens is 386 g/mol. The van der Waals surface area contributed by atoms with Gasteiger partial charge in [0, 0.05) is 5.56 Å². The summed E-state index contributed by atoms with van der Waals surface area (Å²) < 4.78 is 15.1. The molecule has 3 aromatic rings. The number of rotatable bonds is 6. The average molecular weight is 405 g/mol. The van der Waals surface area contributed by atoms with Gasteiger partial charge in [-0.05, 0) is 35.9 Å². The summed E-state index contributed by atoms with van der Waals surface area (Å²) in [4.78, 5) is 36.5. The van der Waals surface area contributed by atoms with Crippen LogP contribution in [0.1, 0.15) is 26.3 Å². The summed E-state index contributed by atoms with van der Waals surface area (Å²) >= 11 is 0. The minimum Gasteiger partial charge on any atom is -0.465 e. The van der Waals surface area contributed by atoms with Crippen molar-refractivity contribution < 1.29 is 28.6 Å². The van der Waals surface area contributed by atoms with Crippen molar-refractivity contribution >= 4 is 23.7 Å². The summed E-state index contributed by atoms with van der Waals surface area (Å²) in [5, 5.41) is 2.67. The quantitative estimate of drug-likeness (QED) is 0.482. The molecule has 1 amide bonds. The van der Waals surface area contributed by atoms with Gasteiger partial charge in [-0.1, -0.05) is 48.5 Å². The second-order valence-corrected chi connectivity index (χ2v) is 6.15. The number of hydrogen-bond donors (Lipinski definition) is 1. The fourth-order valence-electron chi connectivity index (χ4n) is 2.57. The van der Waals surface area contributed by atoms with Crippen molar-refractivity contribution in [3.8, 4) is 5.75 Å². The van der Waals surface area contributed by atoms with Crippen molar-refractivity contribution in [2.45, 2.75) is 6.61 Å². The number of amides is 1. The van der Waals surface area contributed by atoms with Gasteiger partial charge in [0.15, 0.2) is 5.75 Å². The van der Waals surface area contributed by atoms with Crippen LogP contribution in [0, 0.1) is 0 Å². The van der Waals surface area contributed by atoms with Crippen LogP contribution < -0.4 is 10.1 Å². The van der Waals surface area contributed by atoms with Crippen molar-refractivity contribution in [3.05, 3.63) is 95.6 Å². The van der Waals surface area contributed by atoms with Gasteiger partial charge in [-0.25, -0.2) is 9.59 Å². The molecule has 1 N–H and O–H groups in total. The zero-order chi connectivity index (χ0) is 21.3. The minimum atomic E-state index is -0.976. The van der Waals surface area contributed by atoms with Gasteiger partial charge < -0.3 is 19.5 Å². The number of ether oxygens (including phenoxy) is 3. The Morgan fingerprint density at radius 2 is 1.50 bits per heavy atom. The molecule has 30 heavy (non-hydrogen) atoms. The first kappa shape index (κ1) is 20.6. The van der Waals surface area contributed by atoms with Gasteiger partial charge in [0.05, 0.1) is 18.4 Å². The van der Waals surface area contributed by atoms with Crippen LogP contribution in [0.4, 0.5) is 10.5 Å². The van der Waals surface area contributed by atoms with E-state index in [4.69, 9.17) is 14.2 Å². The molecule has 0 spiro atoms. The van der Waals surface area contributed by atoms with Crippen molar-refractivity contribution in [1.82, 2.24) is 0 Å². The Morgan fingerprint density at radius 3 is 2.17 bits per heavy atom. The van der Waals surface area contributed by atoms with Gasteiger partial charge >= 0.3 is 12.1 Å². The number of hydrogen-bond acceptors (Lipinski definition) is 6. The van der Waals surface area contributed by atoms with E-state index in [1.54, 1.807) is 42.5 Å². The average Bonchev–Trinajstić information content (AvgIpc) is 2.79. The molecule has 0 fully saturated rings. The van der Waals surface area contributed by atoms with E-state index in [0.29, 0.717) is 5.56 Å². The number of carbonyl (C=O) groups is 3. The van der Waals surface area contributed by atoms with Crippen LogP contribution in [0.15, 0.2) is 78.9 Å². The van der Waals surface area contributed by atoms with Gasteiger partial charge in [0.1, 0.15) is 6.61 Å². The molecule has 3 aromatic carbocycles. The van der Waals surface area contributed by atoms with E-state index in [-0.39, 0.29) is 23.6 Å². The normalized spacial score (nSPS) is 10.0. The van der Waals surface area contributed by atoms with Crippen LogP contribution in [-0.2, 0) is 16.1 Å². The Bertz CT molecular complexity index is 1030. The van der Waals surface area contributed by atoms with Crippen LogP contribution in [-0.4, -0.2) is 25.1 Å². The first-order chi connectivity index (χ1) is 14.6. The number of benzene rings is 3. The molecule has 0 aliphatic heterocycles. The zero-order valence-electron chi connectivity index (χ0n) is 16.2. The van der Waals surface area contributed by atoms with E-state index in [1.165, 1.54) is 25.3 Å². The lowest BCUT2D eigenvalue weighted by molar-refractivity contribution is 0.0599.